The Bertz CT molecular complexity index is 1020. The first-order chi connectivity index (χ1) is 19.1. The minimum Gasteiger partial charge on any atom is -0.404 e. The summed E-state index contributed by atoms with van der Waals surface area (Å²) in [4.78, 5) is 52.2. The lowest BCUT2D eigenvalue weighted by Crippen LogP contribution is -2.65. The molecule has 4 N–H and O–H groups in total. The van der Waals surface area contributed by atoms with Crippen LogP contribution in [0.4, 0.5) is 0 Å². The predicted octanol–water partition coefficient (Wildman–Crippen LogP) is 3.00. The molecule has 6 atom stereocenters. The van der Waals surface area contributed by atoms with Crippen LogP contribution in [0.2, 0.25) is 0 Å². The molecule has 0 aromatic heterocycles. The second-order valence-electron chi connectivity index (χ2n) is 13.4. The number of aliphatic imine (C=N–C) groups is 1. The van der Waals surface area contributed by atoms with Gasteiger partial charge in [0.2, 0.25) is 5.91 Å². The zero-order chi connectivity index (χ0) is 30.5. The van der Waals surface area contributed by atoms with Gasteiger partial charge in [-0.1, -0.05) is 33.1 Å². The molecule has 4 fully saturated rings. The number of nitrogens with one attached hydrogen (secondary N) is 2. The third kappa shape index (κ3) is 8.27. The van der Waals surface area contributed by atoms with Crippen LogP contribution in [0.15, 0.2) is 4.99 Å². The van der Waals surface area contributed by atoms with Gasteiger partial charge in [-0.15, -0.1) is 0 Å². The number of hydrogen-bond acceptors (Lipinski definition) is 8. The van der Waals surface area contributed by atoms with Crippen LogP contribution >= 0.6 is 0 Å². The van der Waals surface area contributed by atoms with Crippen molar-refractivity contribution in [3.05, 3.63) is 10.1 Å². The summed E-state index contributed by atoms with van der Waals surface area (Å²) < 4.78 is 13.2. The molecule has 0 unspecified atom stereocenters. The zero-order valence-corrected chi connectivity index (χ0v) is 25.4. The Morgan fingerprint density at radius 2 is 1.88 bits per heavy atom. The normalized spacial score (nSPS) is 27.9. The number of ketones is 2. The highest BCUT2D eigenvalue weighted by atomic mass is 16.7. The minimum absolute atomic E-state index is 0.00872. The molecule has 0 aromatic carbocycles. The van der Waals surface area contributed by atoms with Gasteiger partial charge in [-0.25, -0.2) is 15.1 Å². The number of guanidine groups is 1. The van der Waals surface area contributed by atoms with E-state index in [1.165, 1.54) is 6.92 Å². The van der Waals surface area contributed by atoms with Crippen molar-refractivity contribution in [2.75, 3.05) is 6.54 Å². The number of carbonyl (C=O) groups excluding carboxylic acids is 3. The van der Waals surface area contributed by atoms with Crippen LogP contribution in [0.25, 0.3) is 0 Å². The number of hydrazine groups is 1. The van der Waals surface area contributed by atoms with Gasteiger partial charge in [-0.05, 0) is 75.5 Å². The average molecular weight is 578 g/mol. The molecule has 3 aliphatic carbocycles. The topological polar surface area (TPSA) is 175 Å². The van der Waals surface area contributed by atoms with E-state index in [0.717, 1.165) is 12.8 Å². The van der Waals surface area contributed by atoms with E-state index >= 15 is 0 Å². The summed E-state index contributed by atoms with van der Waals surface area (Å²) >= 11 is 0. The molecular formula is C28H48BN5O7. The molecule has 1 saturated heterocycles. The molecule has 0 aromatic rings. The highest BCUT2D eigenvalue weighted by molar-refractivity contribution is 6.47. The summed E-state index contributed by atoms with van der Waals surface area (Å²) in [6, 6.07) is 0. The highest BCUT2D eigenvalue weighted by Crippen LogP contribution is 2.65. The number of Topliss-reactive ketones (excluding diaryl/α,β-unsaturated/α-hetero) is 2. The van der Waals surface area contributed by atoms with E-state index in [1.54, 1.807) is 5.43 Å². The zero-order valence-electron chi connectivity index (χ0n) is 25.4. The lowest BCUT2D eigenvalue weighted by Gasteiger charge is -2.64. The van der Waals surface area contributed by atoms with Crippen molar-refractivity contribution in [3.8, 4) is 0 Å². The number of nitrogens with two attached hydrogens (primary N) is 1. The first-order valence-corrected chi connectivity index (χ1v) is 15.0. The maximum Gasteiger partial charge on any atom is 0.481 e. The number of nitro groups is 1. The summed E-state index contributed by atoms with van der Waals surface area (Å²) in [6.07, 6.45) is 4.52. The Morgan fingerprint density at radius 3 is 2.49 bits per heavy atom. The van der Waals surface area contributed by atoms with E-state index in [0.29, 0.717) is 43.9 Å². The maximum absolute atomic E-state index is 13.7. The quantitative estimate of drug-likeness (QED) is 0.0622. The Labute approximate surface area is 243 Å². The summed E-state index contributed by atoms with van der Waals surface area (Å²) in [5.41, 5.74) is 7.09. The summed E-state index contributed by atoms with van der Waals surface area (Å²) in [7, 11) is -0.573. The minimum atomic E-state index is -0.794. The van der Waals surface area contributed by atoms with Gasteiger partial charge in [0.05, 0.1) is 17.6 Å². The van der Waals surface area contributed by atoms with Crippen LogP contribution in [-0.4, -0.2) is 59.8 Å². The van der Waals surface area contributed by atoms with E-state index in [9.17, 15) is 24.5 Å². The first-order valence-electron chi connectivity index (χ1n) is 15.0. The standard InChI is InChI=1S/C28H48BN5O7/c1-17(2)13-24(29-40-23-16-20-15-22(27(20,4)5)28(23,6)41-29)32-25(37)19(14-21(36)11-7-9-18(3)35)10-8-12-31-26(30)33-34(38)39/h17,19-20,22-24H,7-16H2,1-6H3,(H,32,37)(H3,30,31,33)/t19-,20+,22+,23-,24+,28+/m1/s1. The lowest BCUT2D eigenvalue weighted by atomic mass is 9.43. The molecule has 1 aliphatic heterocycles. The molecule has 1 heterocycles. The van der Waals surface area contributed by atoms with Gasteiger partial charge in [0, 0.05) is 31.7 Å². The van der Waals surface area contributed by atoms with E-state index in [-0.39, 0.29) is 66.2 Å². The monoisotopic (exact) mass is 577 g/mol. The SMILES string of the molecule is CC(=O)CCCC(=O)C[C@@H](CCCN=C(N)N[N+](=O)[O-])C(=O)N[C@@H](CC(C)C)B1O[C@@H]2C[C@@H]3C[C@@H](C3(C)C)[C@]2(C)O1. The molecule has 4 aliphatic rings. The second-order valence-corrected chi connectivity index (χ2v) is 13.4. The van der Waals surface area contributed by atoms with Crippen LogP contribution < -0.4 is 16.5 Å². The molecule has 1 amide bonds. The van der Waals surface area contributed by atoms with Crippen molar-refractivity contribution >= 4 is 30.6 Å². The lowest BCUT2D eigenvalue weighted by molar-refractivity contribution is -0.525. The van der Waals surface area contributed by atoms with Crippen LogP contribution in [0, 0.1) is 39.2 Å². The summed E-state index contributed by atoms with van der Waals surface area (Å²) in [5, 5.41) is 12.9. The fourth-order valence-electron chi connectivity index (χ4n) is 7.02. The average Bonchev–Trinajstić information content (AvgIpc) is 3.21. The van der Waals surface area contributed by atoms with Crippen molar-refractivity contribution in [1.82, 2.24) is 10.7 Å². The van der Waals surface area contributed by atoms with Crippen molar-refractivity contribution in [2.45, 2.75) is 117 Å². The van der Waals surface area contributed by atoms with Gasteiger partial charge >= 0.3 is 7.12 Å². The van der Waals surface area contributed by atoms with Gasteiger partial charge in [-0.2, -0.15) is 0 Å². The Morgan fingerprint density at radius 1 is 1.17 bits per heavy atom. The fraction of sp³-hybridized carbons (Fsp3) is 0.857. The number of nitrogens with zero attached hydrogens (tertiary/aromatic N) is 2. The van der Waals surface area contributed by atoms with E-state index in [1.807, 2.05) is 0 Å². The second kappa shape index (κ2) is 13.6. The third-order valence-corrected chi connectivity index (χ3v) is 9.38. The molecule has 13 heteroatoms. The first kappa shape index (κ1) is 33.0. The highest BCUT2D eigenvalue weighted by Gasteiger charge is 2.68. The number of hydrogen-bond donors (Lipinski definition) is 3. The van der Waals surface area contributed by atoms with Crippen LogP contribution in [0.1, 0.15) is 99.3 Å². The number of amides is 1. The Kier molecular flexibility index (Phi) is 11.0. The van der Waals surface area contributed by atoms with Gasteiger partial charge < -0.3 is 25.2 Å². The molecule has 12 nitrogen and oxygen atoms in total. The van der Waals surface area contributed by atoms with E-state index < -0.39 is 23.7 Å². The molecule has 0 radical (unpaired) electrons. The number of carbonyl (C=O) groups is 3. The summed E-state index contributed by atoms with van der Waals surface area (Å²) in [6.45, 7) is 12.6. The largest absolute Gasteiger partial charge is 0.481 e. The predicted molar refractivity (Wildman–Crippen MR) is 155 cm³/mol. The fourth-order valence-corrected chi connectivity index (χ4v) is 7.02. The Hall–Kier alpha value is -2.54. The summed E-state index contributed by atoms with van der Waals surface area (Å²) in [5.74, 6) is -0.357. The molecule has 0 spiro atoms. The van der Waals surface area contributed by atoms with Gasteiger partial charge in [0.15, 0.2) is 5.03 Å². The molecular weight excluding hydrogens is 529 g/mol. The van der Waals surface area contributed by atoms with Crippen molar-refractivity contribution in [1.29, 1.82) is 0 Å². The van der Waals surface area contributed by atoms with Crippen molar-refractivity contribution < 1.29 is 28.7 Å². The molecule has 4 rings (SSSR count). The molecule has 3 saturated carbocycles. The van der Waals surface area contributed by atoms with Gasteiger partial charge in [0.25, 0.3) is 5.96 Å². The van der Waals surface area contributed by atoms with Crippen molar-refractivity contribution in [3.63, 3.8) is 0 Å². The third-order valence-electron chi connectivity index (χ3n) is 9.38. The van der Waals surface area contributed by atoms with Gasteiger partial charge in [-0.3, -0.25) is 9.59 Å². The number of rotatable bonds is 16. The molecule has 2 bridgehead atoms. The van der Waals surface area contributed by atoms with Crippen molar-refractivity contribution in [2.24, 2.45) is 39.8 Å². The van der Waals surface area contributed by atoms with E-state index in [2.05, 4.69) is 44.9 Å². The molecule has 41 heavy (non-hydrogen) atoms. The van der Waals surface area contributed by atoms with E-state index in [4.69, 9.17) is 15.0 Å². The smallest absolute Gasteiger partial charge is 0.404 e. The van der Waals surface area contributed by atoms with Gasteiger partial charge in [0.1, 0.15) is 11.6 Å². The van der Waals surface area contributed by atoms with Crippen LogP contribution in [-0.2, 0) is 23.7 Å². The Balaban J connectivity index is 1.68. The van der Waals surface area contributed by atoms with Crippen LogP contribution in [0.3, 0.4) is 0 Å². The maximum atomic E-state index is 13.7. The van der Waals surface area contributed by atoms with Crippen LogP contribution in [0.5, 0.6) is 0 Å². The molecule has 230 valence electrons.